The van der Waals surface area contributed by atoms with Gasteiger partial charge in [0.15, 0.2) is 6.61 Å². The number of aryl methyl sites for hydroxylation is 1. The first kappa shape index (κ1) is 14.2. The zero-order valence-corrected chi connectivity index (χ0v) is 13.5. The molecular formula is C14H14N2O3S2. The zero-order chi connectivity index (χ0) is 15.0. The van der Waals surface area contributed by atoms with Gasteiger partial charge < -0.3 is 4.74 Å². The van der Waals surface area contributed by atoms with Crippen LogP contribution >= 0.6 is 22.7 Å². The zero-order valence-electron chi connectivity index (χ0n) is 11.9. The van der Waals surface area contributed by atoms with E-state index in [2.05, 4.69) is 4.98 Å². The first-order valence-electron chi connectivity index (χ1n) is 6.31. The van der Waals surface area contributed by atoms with Gasteiger partial charge in [0.05, 0.1) is 27.0 Å². The summed E-state index contributed by atoms with van der Waals surface area (Å²) in [7, 11) is 3.00. The van der Waals surface area contributed by atoms with Crippen molar-refractivity contribution in [1.29, 1.82) is 0 Å². The Morgan fingerprint density at radius 1 is 1.48 bits per heavy atom. The fourth-order valence-corrected chi connectivity index (χ4v) is 3.87. The molecule has 0 fully saturated rings. The van der Waals surface area contributed by atoms with Crippen LogP contribution in [0.25, 0.3) is 20.3 Å². The number of nitrogens with zero attached hydrogens (tertiary/aromatic N) is 2. The van der Waals surface area contributed by atoms with Crippen LogP contribution < -0.4 is 4.74 Å². The Balaban J connectivity index is 1.97. The Bertz CT molecular complexity index is 809. The minimum absolute atomic E-state index is 0.0570. The predicted molar refractivity (Wildman–Crippen MR) is 85.0 cm³/mol. The van der Waals surface area contributed by atoms with Gasteiger partial charge in [-0.05, 0) is 18.4 Å². The van der Waals surface area contributed by atoms with Gasteiger partial charge in [-0.2, -0.15) is 0 Å². The van der Waals surface area contributed by atoms with Crippen LogP contribution in [0.1, 0.15) is 5.01 Å². The lowest BCUT2D eigenvalue weighted by atomic mass is 10.2. The molecule has 3 rings (SSSR count). The second-order valence-corrected chi connectivity index (χ2v) is 6.63. The number of aromatic nitrogens is 1. The van der Waals surface area contributed by atoms with Crippen molar-refractivity contribution in [1.82, 2.24) is 10.0 Å². The Labute approximate surface area is 129 Å². The number of hydrogen-bond acceptors (Lipinski definition) is 6. The summed E-state index contributed by atoms with van der Waals surface area (Å²) in [6.45, 7) is 1.93. The molecule has 1 amide bonds. The first-order valence-corrected chi connectivity index (χ1v) is 8.00. The number of thiazole rings is 1. The molecule has 2 aromatic heterocycles. The van der Waals surface area contributed by atoms with Gasteiger partial charge in [0.2, 0.25) is 0 Å². The number of benzene rings is 1. The molecule has 7 heteroatoms. The minimum atomic E-state index is -0.235. The lowest BCUT2D eigenvalue weighted by Gasteiger charge is -2.14. The number of likely N-dealkylation sites (N-methyl/N-ethyl adjacent to an activating group) is 1. The van der Waals surface area contributed by atoms with Gasteiger partial charge in [-0.15, -0.1) is 22.7 Å². The number of rotatable bonds is 4. The maximum Gasteiger partial charge on any atom is 0.283 e. The van der Waals surface area contributed by atoms with Gasteiger partial charge in [0.25, 0.3) is 5.91 Å². The lowest BCUT2D eigenvalue weighted by Crippen LogP contribution is -2.30. The molecule has 0 saturated heterocycles. The van der Waals surface area contributed by atoms with Crippen LogP contribution in [0.4, 0.5) is 0 Å². The number of hydrogen-bond donors (Lipinski definition) is 0. The minimum Gasteiger partial charge on any atom is -0.483 e. The van der Waals surface area contributed by atoms with Gasteiger partial charge in [-0.3, -0.25) is 9.63 Å². The molecule has 2 heterocycles. The molecule has 0 aliphatic heterocycles. The molecule has 0 atom stereocenters. The number of fused-ring (bicyclic) bond motifs is 3. The fourth-order valence-electron chi connectivity index (χ4n) is 2.04. The highest BCUT2D eigenvalue weighted by Crippen LogP contribution is 2.38. The molecular weight excluding hydrogens is 308 g/mol. The van der Waals surface area contributed by atoms with Crippen LogP contribution in [0.5, 0.6) is 5.75 Å². The van der Waals surface area contributed by atoms with E-state index in [4.69, 9.17) is 9.57 Å². The third kappa shape index (κ3) is 2.59. The van der Waals surface area contributed by atoms with Gasteiger partial charge in [0.1, 0.15) is 5.75 Å². The average molecular weight is 322 g/mol. The molecule has 0 radical (unpaired) electrons. The number of carbonyl (C=O) groups is 1. The van der Waals surface area contributed by atoms with Crippen LogP contribution in [0.2, 0.25) is 0 Å². The monoisotopic (exact) mass is 322 g/mol. The summed E-state index contributed by atoms with van der Waals surface area (Å²) in [5, 5.41) is 5.17. The maximum atomic E-state index is 11.8. The number of thiophene rings is 1. The summed E-state index contributed by atoms with van der Waals surface area (Å²) in [6, 6.07) is 3.95. The largest absolute Gasteiger partial charge is 0.483 e. The Hall–Kier alpha value is -1.70. The molecule has 0 aliphatic carbocycles. The molecule has 0 bridgehead atoms. The third-order valence-electron chi connectivity index (χ3n) is 3.14. The quantitative estimate of drug-likeness (QED) is 0.692. The van der Waals surface area contributed by atoms with E-state index >= 15 is 0 Å². The number of ether oxygens (including phenoxy) is 1. The normalized spacial score (nSPS) is 11.2. The van der Waals surface area contributed by atoms with E-state index in [1.165, 1.54) is 7.11 Å². The molecule has 0 aliphatic rings. The molecule has 5 nitrogen and oxygen atoms in total. The highest BCUT2D eigenvalue weighted by molar-refractivity contribution is 7.21. The lowest BCUT2D eigenvalue weighted by molar-refractivity contribution is -0.170. The van der Waals surface area contributed by atoms with E-state index in [1.54, 1.807) is 29.7 Å². The number of carbonyl (C=O) groups excluding carboxylic acids is 1. The van der Waals surface area contributed by atoms with Crippen LogP contribution in [0.15, 0.2) is 17.5 Å². The smallest absolute Gasteiger partial charge is 0.283 e. The summed E-state index contributed by atoms with van der Waals surface area (Å²) in [5.41, 5.74) is 1.01. The van der Waals surface area contributed by atoms with E-state index in [-0.39, 0.29) is 12.5 Å². The Kier molecular flexibility index (Phi) is 3.79. The molecule has 110 valence electrons. The standard InChI is InChI=1S/C14H14N2O3S2/c1-8-15-13-11(21-8)6-10(9-4-5-20-14(9)13)19-7-12(17)16(2)18-3/h4-6H,7H2,1-3H3. The molecule has 1 aromatic carbocycles. The Morgan fingerprint density at radius 3 is 3.05 bits per heavy atom. The third-order valence-corrected chi connectivity index (χ3v) is 4.98. The summed E-state index contributed by atoms with van der Waals surface area (Å²) in [4.78, 5) is 21.2. The highest BCUT2D eigenvalue weighted by Gasteiger charge is 2.14. The second kappa shape index (κ2) is 5.59. The number of amides is 1. The molecule has 21 heavy (non-hydrogen) atoms. The number of hydroxylamine groups is 2. The predicted octanol–water partition coefficient (Wildman–Crippen LogP) is 3.22. The van der Waals surface area contributed by atoms with Crippen LogP contribution in [-0.4, -0.2) is 36.7 Å². The molecule has 0 unspecified atom stereocenters. The van der Waals surface area contributed by atoms with E-state index in [1.807, 2.05) is 24.4 Å². The fraction of sp³-hybridized carbons (Fsp3) is 0.286. The van der Waals surface area contributed by atoms with Gasteiger partial charge in [-0.25, -0.2) is 10.0 Å². The Morgan fingerprint density at radius 2 is 2.29 bits per heavy atom. The molecule has 3 aromatic rings. The van der Waals surface area contributed by atoms with Crippen molar-refractivity contribution in [2.24, 2.45) is 0 Å². The van der Waals surface area contributed by atoms with Crippen molar-refractivity contribution in [3.8, 4) is 5.75 Å². The van der Waals surface area contributed by atoms with E-state index < -0.39 is 0 Å². The second-order valence-electron chi connectivity index (χ2n) is 4.48. The topological polar surface area (TPSA) is 51.7 Å². The van der Waals surface area contributed by atoms with Crippen LogP contribution in [-0.2, 0) is 9.63 Å². The average Bonchev–Trinajstić information content (AvgIpc) is 3.08. The summed E-state index contributed by atoms with van der Waals surface area (Å²) >= 11 is 3.26. The molecule has 0 saturated carbocycles. The summed E-state index contributed by atoms with van der Waals surface area (Å²) in [6.07, 6.45) is 0. The van der Waals surface area contributed by atoms with Crippen molar-refractivity contribution < 1.29 is 14.4 Å². The maximum absolute atomic E-state index is 11.8. The van der Waals surface area contributed by atoms with Crippen molar-refractivity contribution in [2.45, 2.75) is 6.92 Å². The summed E-state index contributed by atoms with van der Waals surface area (Å²) in [5.74, 6) is 0.474. The van der Waals surface area contributed by atoms with Gasteiger partial charge >= 0.3 is 0 Å². The van der Waals surface area contributed by atoms with Gasteiger partial charge in [-0.1, -0.05) is 0 Å². The van der Waals surface area contributed by atoms with Crippen molar-refractivity contribution in [3.05, 3.63) is 22.5 Å². The molecule has 0 N–H and O–H groups in total. The van der Waals surface area contributed by atoms with Crippen molar-refractivity contribution >= 4 is 48.9 Å². The van der Waals surface area contributed by atoms with Crippen molar-refractivity contribution in [3.63, 3.8) is 0 Å². The van der Waals surface area contributed by atoms with E-state index in [0.717, 1.165) is 30.4 Å². The van der Waals surface area contributed by atoms with Crippen molar-refractivity contribution in [2.75, 3.05) is 20.8 Å². The van der Waals surface area contributed by atoms with Crippen LogP contribution in [0, 0.1) is 6.92 Å². The summed E-state index contributed by atoms with van der Waals surface area (Å²) < 4.78 is 7.86. The highest BCUT2D eigenvalue weighted by atomic mass is 32.1. The molecule has 0 spiro atoms. The van der Waals surface area contributed by atoms with Crippen LogP contribution in [0.3, 0.4) is 0 Å². The van der Waals surface area contributed by atoms with E-state index in [9.17, 15) is 4.79 Å². The SMILES string of the molecule is CON(C)C(=O)COc1cc2sc(C)nc2c2sccc12. The van der Waals surface area contributed by atoms with E-state index in [0.29, 0.717) is 5.75 Å². The van der Waals surface area contributed by atoms with Gasteiger partial charge in [0, 0.05) is 18.5 Å². The first-order chi connectivity index (χ1) is 10.1.